The zero-order valence-corrected chi connectivity index (χ0v) is 8.00. The zero-order chi connectivity index (χ0) is 9.68. The predicted octanol–water partition coefficient (Wildman–Crippen LogP) is 2.93. The van der Waals surface area contributed by atoms with Crippen LogP contribution in [0.2, 0.25) is 0 Å². The summed E-state index contributed by atoms with van der Waals surface area (Å²) >= 11 is 0. The van der Waals surface area contributed by atoms with Gasteiger partial charge in [0.15, 0.2) is 0 Å². The normalized spacial score (nSPS) is 25.8. The van der Waals surface area contributed by atoms with Gasteiger partial charge in [-0.1, -0.05) is 25.0 Å². The molecule has 0 heterocycles. The molecule has 1 aliphatic rings. The van der Waals surface area contributed by atoms with E-state index >= 15 is 0 Å². The largest absolute Gasteiger partial charge is 0.264 e. The van der Waals surface area contributed by atoms with Crippen LogP contribution in [0.4, 0.5) is 0 Å². The summed E-state index contributed by atoms with van der Waals surface area (Å²) in [4.78, 5) is 10.5. The lowest BCUT2D eigenvalue weighted by atomic mass is 10.0. The molecule has 1 unspecified atom stereocenters. The summed E-state index contributed by atoms with van der Waals surface area (Å²) in [7, 11) is 0. The lowest BCUT2D eigenvalue weighted by Crippen LogP contribution is -2.19. The van der Waals surface area contributed by atoms with Crippen molar-refractivity contribution in [1.29, 1.82) is 0 Å². The average Bonchev–Trinajstić information content (AvgIpc) is 2.16. The molecule has 1 fully saturated rings. The molecule has 3 nitrogen and oxygen atoms in total. The van der Waals surface area contributed by atoms with Crippen LogP contribution in [-0.4, -0.2) is 11.0 Å². The van der Waals surface area contributed by atoms with Crippen LogP contribution in [-0.2, 0) is 0 Å². The van der Waals surface area contributed by atoms with Gasteiger partial charge in [0.05, 0.1) is 0 Å². The number of nitrogens with zero attached hydrogens (tertiary/aromatic N) is 1. The monoisotopic (exact) mass is 183 g/mol. The summed E-state index contributed by atoms with van der Waals surface area (Å²) in [5.41, 5.74) is 1.06. The Hall–Kier alpha value is -0.860. The van der Waals surface area contributed by atoms with E-state index < -0.39 is 0 Å². The molecule has 0 aromatic heterocycles. The molecular weight excluding hydrogens is 166 g/mol. The van der Waals surface area contributed by atoms with Crippen LogP contribution in [0.15, 0.2) is 12.2 Å². The second-order valence-corrected chi connectivity index (χ2v) is 3.85. The van der Waals surface area contributed by atoms with E-state index in [1.807, 2.05) is 0 Å². The molecule has 74 valence electrons. The molecule has 0 N–H and O–H groups in total. The van der Waals surface area contributed by atoms with E-state index in [1.165, 1.54) is 6.42 Å². The Morgan fingerprint density at radius 1 is 1.31 bits per heavy atom. The maximum atomic E-state index is 10.6. The molecule has 0 spiro atoms. The molecule has 1 rings (SSSR count). The summed E-state index contributed by atoms with van der Waals surface area (Å²) in [6.07, 6.45) is 6.78. The quantitative estimate of drug-likeness (QED) is 0.356. The molecule has 0 aromatic rings. The highest BCUT2D eigenvalue weighted by atomic mass is 16.6. The van der Waals surface area contributed by atoms with Gasteiger partial charge >= 0.3 is 0 Å². The first-order valence-corrected chi connectivity index (χ1v) is 5.00. The van der Waals surface area contributed by atoms with Crippen LogP contribution in [0.25, 0.3) is 0 Å². The van der Waals surface area contributed by atoms with Crippen molar-refractivity contribution in [3.8, 4) is 0 Å². The molecule has 0 bridgehead atoms. The molecule has 0 radical (unpaired) electrons. The molecule has 0 aromatic carbocycles. The van der Waals surface area contributed by atoms with E-state index in [2.05, 4.69) is 6.58 Å². The van der Waals surface area contributed by atoms with Gasteiger partial charge in [-0.25, -0.2) is 0 Å². The summed E-state index contributed by atoms with van der Waals surface area (Å²) in [6, 6.07) is -0.370. The van der Waals surface area contributed by atoms with E-state index in [4.69, 9.17) is 0 Å². The molecule has 3 heteroatoms. The minimum absolute atomic E-state index is 0.142. The van der Waals surface area contributed by atoms with Gasteiger partial charge in [0.1, 0.15) is 0 Å². The van der Waals surface area contributed by atoms with E-state index in [-0.39, 0.29) is 11.0 Å². The average molecular weight is 183 g/mol. The zero-order valence-electron chi connectivity index (χ0n) is 8.00. The molecule has 1 atom stereocenters. The van der Waals surface area contributed by atoms with Gasteiger partial charge in [0.25, 0.3) is 0 Å². The third kappa shape index (κ3) is 3.57. The Morgan fingerprint density at radius 2 is 2.00 bits per heavy atom. The minimum Gasteiger partial charge on any atom is -0.264 e. The fourth-order valence-corrected chi connectivity index (χ4v) is 1.83. The fourth-order valence-electron chi connectivity index (χ4n) is 1.83. The first-order chi connectivity index (χ1) is 6.20. The maximum Gasteiger partial charge on any atom is 0.216 e. The van der Waals surface area contributed by atoms with Crippen LogP contribution < -0.4 is 0 Å². The fraction of sp³-hybridized carbons (Fsp3) is 0.800. The van der Waals surface area contributed by atoms with Crippen molar-refractivity contribution in [3.63, 3.8) is 0 Å². The van der Waals surface area contributed by atoms with E-state index in [1.54, 1.807) is 0 Å². The van der Waals surface area contributed by atoms with Crippen molar-refractivity contribution < 1.29 is 4.92 Å². The van der Waals surface area contributed by atoms with Crippen LogP contribution in [0.3, 0.4) is 0 Å². The SMILES string of the molecule is C=C1CCCCCCC([N+](=O)[O-])C1. The first-order valence-electron chi connectivity index (χ1n) is 5.00. The summed E-state index contributed by atoms with van der Waals surface area (Å²) in [5, 5.41) is 10.6. The summed E-state index contributed by atoms with van der Waals surface area (Å²) < 4.78 is 0. The minimum atomic E-state index is -0.370. The summed E-state index contributed by atoms with van der Waals surface area (Å²) in [5.74, 6) is 0. The molecule has 13 heavy (non-hydrogen) atoms. The van der Waals surface area contributed by atoms with E-state index in [0.29, 0.717) is 6.42 Å². The number of nitro groups is 1. The number of hydrogen-bond acceptors (Lipinski definition) is 2. The van der Waals surface area contributed by atoms with E-state index in [0.717, 1.165) is 37.7 Å². The number of rotatable bonds is 1. The van der Waals surface area contributed by atoms with Gasteiger partial charge in [-0.3, -0.25) is 10.1 Å². The third-order valence-corrected chi connectivity index (χ3v) is 2.64. The Morgan fingerprint density at radius 3 is 2.69 bits per heavy atom. The standard InChI is InChI=1S/C10H17NO2/c1-9-6-4-2-3-5-7-10(8-9)11(12)13/h10H,1-8H2. The first kappa shape index (κ1) is 10.2. The van der Waals surface area contributed by atoms with Crippen LogP contribution >= 0.6 is 0 Å². The van der Waals surface area contributed by atoms with Gasteiger partial charge in [0.2, 0.25) is 6.04 Å². The van der Waals surface area contributed by atoms with Gasteiger partial charge in [-0.05, 0) is 19.3 Å². The molecular formula is C10H17NO2. The van der Waals surface area contributed by atoms with Crippen LogP contribution in [0.1, 0.15) is 44.9 Å². The molecule has 0 saturated heterocycles. The van der Waals surface area contributed by atoms with Crippen molar-refractivity contribution in [2.75, 3.05) is 0 Å². The third-order valence-electron chi connectivity index (χ3n) is 2.64. The lowest BCUT2D eigenvalue weighted by molar-refractivity contribution is -0.523. The topological polar surface area (TPSA) is 43.1 Å². The van der Waals surface area contributed by atoms with Gasteiger partial charge < -0.3 is 0 Å². The van der Waals surface area contributed by atoms with Crippen molar-refractivity contribution in [1.82, 2.24) is 0 Å². The Bertz CT molecular complexity index is 201. The lowest BCUT2D eigenvalue weighted by Gasteiger charge is -2.08. The van der Waals surface area contributed by atoms with Crippen LogP contribution in [0.5, 0.6) is 0 Å². The smallest absolute Gasteiger partial charge is 0.216 e. The summed E-state index contributed by atoms with van der Waals surface area (Å²) in [6.45, 7) is 3.89. The highest BCUT2D eigenvalue weighted by Gasteiger charge is 2.21. The van der Waals surface area contributed by atoms with Gasteiger partial charge in [0, 0.05) is 17.8 Å². The molecule has 1 aliphatic carbocycles. The second-order valence-electron chi connectivity index (χ2n) is 3.85. The molecule has 0 amide bonds. The molecule has 1 saturated carbocycles. The van der Waals surface area contributed by atoms with E-state index in [9.17, 15) is 10.1 Å². The Labute approximate surface area is 79.0 Å². The van der Waals surface area contributed by atoms with Crippen molar-refractivity contribution in [2.45, 2.75) is 51.0 Å². The van der Waals surface area contributed by atoms with Crippen LogP contribution in [0, 0.1) is 10.1 Å². The second kappa shape index (κ2) is 5.00. The maximum absolute atomic E-state index is 10.6. The Balaban J connectivity index is 2.51. The van der Waals surface area contributed by atoms with Crippen molar-refractivity contribution >= 4 is 0 Å². The number of hydrogen-bond donors (Lipinski definition) is 0. The van der Waals surface area contributed by atoms with Crippen molar-refractivity contribution in [2.24, 2.45) is 0 Å². The predicted molar refractivity (Wildman–Crippen MR) is 52.2 cm³/mol. The highest BCUT2D eigenvalue weighted by Crippen LogP contribution is 2.21. The molecule has 0 aliphatic heterocycles. The van der Waals surface area contributed by atoms with Gasteiger partial charge in [-0.2, -0.15) is 0 Å². The van der Waals surface area contributed by atoms with Gasteiger partial charge in [-0.15, -0.1) is 0 Å². The highest BCUT2D eigenvalue weighted by molar-refractivity contribution is 4.96. The Kier molecular flexibility index (Phi) is 3.93. The van der Waals surface area contributed by atoms with Crippen molar-refractivity contribution in [3.05, 3.63) is 22.3 Å².